The van der Waals surface area contributed by atoms with E-state index in [1.807, 2.05) is 0 Å². The summed E-state index contributed by atoms with van der Waals surface area (Å²) in [5.41, 5.74) is 0.0499. The summed E-state index contributed by atoms with van der Waals surface area (Å²) < 4.78 is 57.6. The van der Waals surface area contributed by atoms with Gasteiger partial charge in [0.25, 0.3) is 0 Å². The first-order chi connectivity index (χ1) is 13.7. The Morgan fingerprint density at radius 2 is 2.00 bits per heavy atom. The zero-order valence-electron chi connectivity index (χ0n) is 15.4. The normalized spacial score (nSPS) is 21.2. The molecule has 1 atom stereocenters. The van der Waals surface area contributed by atoms with E-state index in [1.165, 1.54) is 10.9 Å². The molecule has 0 aliphatic carbocycles. The van der Waals surface area contributed by atoms with E-state index in [-0.39, 0.29) is 42.3 Å². The molecule has 1 aromatic heterocycles. The maximum Gasteiger partial charge on any atom is 0.414 e. The summed E-state index contributed by atoms with van der Waals surface area (Å²) in [5.74, 6) is -1.67. The Hall–Kier alpha value is -2.89. The number of allylic oxidation sites excluding steroid dienone is 1. The van der Waals surface area contributed by atoms with Crippen molar-refractivity contribution in [3.8, 4) is 0 Å². The van der Waals surface area contributed by atoms with Gasteiger partial charge in [-0.05, 0) is 36.3 Å². The first-order valence-corrected chi connectivity index (χ1v) is 10.7. The average Bonchev–Trinajstić information content (AvgIpc) is 3.21. The van der Waals surface area contributed by atoms with E-state index in [0.717, 1.165) is 17.0 Å². The Balaban J connectivity index is 1.55. The summed E-state index contributed by atoms with van der Waals surface area (Å²) in [5, 5.41) is 11.5. The maximum atomic E-state index is 14.7. The van der Waals surface area contributed by atoms with E-state index >= 15 is 0 Å². The second-order valence-corrected chi connectivity index (χ2v) is 9.11. The quantitative estimate of drug-likeness (QED) is 0.730. The van der Waals surface area contributed by atoms with Crippen molar-refractivity contribution in [3.63, 3.8) is 0 Å². The van der Waals surface area contributed by atoms with Crippen LogP contribution in [0.2, 0.25) is 0 Å². The van der Waals surface area contributed by atoms with Gasteiger partial charge in [0.15, 0.2) is 15.7 Å². The number of aryl methyl sites for hydroxylation is 1. The summed E-state index contributed by atoms with van der Waals surface area (Å²) in [6.45, 7) is 1.90. The Bertz CT molecular complexity index is 1090. The fraction of sp³-hybridized carbons (Fsp3) is 0.412. The highest BCUT2D eigenvalue weighted by molar-refractivity contribution is 7.91. The summed E-state index contributed by atoms with van der Waals surface area (Å²) in [6.07, 6.45) is 0.0236. The standard InChI is InChI=1S/C17H17F2N5O4S/c1-10-20-22-24(21-10)9-13-8-23(17(25)28-13)12-6-14(18)16(15(19)7-12)11-2-4-29(26,27)5-3-11/h2,6-7,13H,3-5,8-9H2,1H3/t13-/m1/s1. The monoisotopic (exact) mass is 425 g/mol. The highest BCUT2D eigenvalue weighted by Gasteiger charge is 2.34. The van der Waals surface area contributed by atoms with E-state index in [2.05, 4.69) is 15.4 Å². The Morgan fingerprint density at radius 3 is 2.59 bits per heavy atom. The molecule has 1 fully saturated rings. The molecule has 3 heterocycles. The summed E-state index contributed by atoms with van der Waals surface area (Å²) in [7, 11) is -3.22. The van der Waals surface area contributed by atoms with Gasteiger partial charge in [0.05, 0.1) is 23.7 Å². The molecule has 12 heteroatoms. The minimum absolute atomic E-state index is 0.0167. The molecular weight excluding hydrogens is 408 g/mol. The van der Waals surface area contributed by atoms with Crippen molar-refractivity contribution in [1.82, 2.24) is 20.2 Å². The number of hydrogen-bond donors (Lipinski definition) is 0. The number of tetrazole rings is 1. The number of carbonyl (C=O) groups is 1. The highest BCUT2D eigenvalue weighted by Crippen LogP contribution is 2.32. The molecule has 0 radical (unpaired) electrons. The number of anilines is 1. The van der Waals surface area contributed by atoms with Gasteiger partial charge >= 0.3 is 6.09 Å². The SMILES string of the molecule is Cc1nnn(C[C@H]2CN(c3cc(F)c(C4=CCS(=O)(=O)CC4)c(F)c3)C(=O)O2)n1. The minimum Gasteiger partial charge on any atom is -0.442 e. The number of carbonyl (C=O) groups excluding carboxylic acids is 1. The van der Waals surface area contributed by atoms with Crippen LogP contribution < -0.4 is 4.90 Å². The number of halogens is 2. The van der Waals surface area contributed by atoms with Crippen molar-refractivity contribution in [2.45, 2.75) is 26.0 Å². The number of aromatic nitrogens is 4. The topological polar surface area (TPSA) is 107 Å². The largest absolute Gasteiger partial charge is 0.442 e. The van der Waals surface area contributed by atoms with Gasteiger partial charge in [0, 0.05) is 5.56 Å². The second-order valence-electron chi connectivity index (χ2n) is 6.89. The van der Waals surface area contributed by atoms with E-state index in [9.17, 15) is 22.0 Å². The molecule has 0 N–H and O–H groups in total. The number of sulfone groups is 1. The van der Waals surface area contributed by atoms with Crippen LogP contribution in [0.5, 0.6) is 0 Å². The number of hydrogen-bond acceptors (Lipinski definition) is 7. The van der Waals surface area contributed by atoms with Gasteiger partial charge in [0.2, 0.25) is 0 Å². The third-order valence-electron chi connectivity index (χ3n) is 4.72. The van der Waals surface area contributed by atoms with Crippen LogP contribution >= 0.6 is 0 Å². The van der Waals surface area contributed by atoms with E-state index in [1.54, 1.807) is 6.92 Å². The fourth-order valence-electron chi connectivity index (χ4n) is 3.34. The van der Waals surface area contributed by atoms with Gasteiger partial charge in [0.1, 0.15) is 24.3 Å². The van der Waals surface area contributed by atoms with Crippen molar-refractivity contribution >= 4 is 27.2 Å². The zero-order valence-corrected chi connectivity index (χ0v) is 16.2. The third-order valence-corrected chi connectivity index (χ3v) is 6.22. The van der Waals surface area contributed by atoms with Gasteiger partial charge in [-0.3, -0.25) is 4.90 Å². The van der Waals surface area contributed by atoms with Gasteiger partial charge < -0.3 is 4.74 Å². The van der Waals surface area contributed by atoms with Crippen molar-refractivity contribution in [2.24, 2.45) is 0 Å². The van der Waals surface area contributed by atoms with Crippen molar-refractivity contribution in [3.05, 3.63) is 41.2 Å². The molecule has 29 heavy (non-hydrogen) atoms. The molecule has 0 saturated carbocycles. The molecule has 2 aromatic rings. The summed E-state index contributed by atoms with van der Waals surface area (Å²) >= 11 is 0. The molecule has 0 spiro atoms. The lowest BCUT2D eigenvalue weighted by Gasteiger charge is -2.18. The Morgan fingerprint density at radius 1 is 1.28 bits per heavy atom. The molecule has 1 aromatic carbocycles. The number of benzene rings is 1. The number of amides is 1. The van der Waals surface area contributed by atoms with Crippen LogP contribution in [0, 0.1) is 18.6 Å². The fourth-order valence-corrected chi connectivity index (χ4v) is 4.49. The van der Waals surface area contributed by atoms with E-state index in [0.29, 0.717) is 11.4 Å². The molecule has 2 aliphatic rings. The van der Waals surface area contributed by atoms with Crippen LogP contribution in [0.15, 0.2) is 18.2 Å². The number of nitrogens with zero attached hydrogens (tertiary/aromatic N) is 5. The molecule has 9 nitrogen and oxygen atoms in total. The predicted molar refractivity (Wildman–Crippen MR) is 97.8 cm³/mol. The van der Waals surface area contributed by atoms with E-state index < -0.39 is 33.7 Å². The van der Waals surface area contributed by atoms with Crippen LogP contribution in [0.1, 0.15) is 17.8 Å². The van der Waals surface area contributed by atoms with Crippen molar-refractivity contribution in [1.29, 1.82) is 0 Å². The van der Waals surface area contributed by atoms with Crippen LogP contribution in [-0.4, -0.2) is 58.9 Å². The maximum absolute atomic E-state index is 14.7. The lowest BCUT2D eigenvalue weighted by atomic mass is 10.0. The zero-order chi connectivity index (χ0) is 20.8. The van der Waals surface area contributed by atoms with Gasteiger partial charge in [-0.25, -0.2) is 22.0 Å². The van der Waals surface area contributed by atoms with Crippen LogP contribution in [0.25, 0.3) is 5.57 Å². The Labute approximate surface area is 164 Å². The molecule has 0 unspecified atom stereocenters. The first kappa shape index (κ1) is 19.4. The lowest BCUT2D eigenvalue weighted by molar-refractivity contribution is 0.126. The molecular formula is C17H17F2N5O4S. The van der Waals surface area contributed by atoms with Crippen LogP contribution in [0.3, 0.4) is 0 Å². The number of ether oxygens (including phenoxy) is 1. The predicted octanol–water partition coefficient (Wildman–Crippen LogP) is 1.49. The number of rotatable bonds is 4. The van der Waals surface area contributed by atoms with Crippen molar-refractivity contribution in [2.75, 3.05) is 23.0 Å². The Kier molecular flexibility index (Phi) is 4.81. The van der Waals surface area contributed by atoms with Gasteiger partial charge in [-0.2, -0.15) is 4.80 Å². The average molecular weight is 425 g/mol. The minimum atomic E-state index is -3.22. The molecule has 154 valence electrons. The molecule has 1 amide bonds. The highest BCUT2D eigenvalue weighted by atomic mass is 32.2. The van der Waals surface area contributed by atoms with Crippen molar-refractivity contribution < 1.29 is 26.7 Å². The third kappa shape index (κ3) is 3.97. The van der Waals surface area contributed by atoms with Crippen LogP contribution in [0.4, 0.5) is 19.3 Å². The number of cyclic esters (lactones) is 1. The second kappa shape index (κ2) is 7.17. The van der Waals surface area contributed by atoms with Gasteiger partial charge in [-0.1, -0.05) is 6.08 Å². The molecule has 2 aliphatic heterocycles. The van der Waals surface area contributed by atoms with Gasteiger partial charge in [-0.15, -0.1) is 10.2 Å². The molecule has 0 bridgehead atoms. The lowest BCUT2D eigenvalue weighted by Crippen LogP contribution is -2.27. The van der Waals surface area contributed by atoms with E-state index in [4.69, 9.17) is 4.74 Å². The first-order valence-electron chi connectivity index (χ1n) is 8.83. The smallest absolute Gasteiger partial charge is 0.414 e. The summed E-state index contributed by atoms with van der Waals surface area (Å²) in [4.78, 5) is 14.6. The summed E-state index contributed by atoms with van der Waals surface area (Å²) in [6, 6.07) is 2.09. The molecule has 4 rings (SSSR count). The van der Waals surface area contributed by atoms with Crippen LogP contribution in [-0.2, 0) is 21.1 Å². The molecule has 1 saturated heterocycles.